The van der Waals surface area contributed by atoms with Crippen molar-refractivity contribution in [3.8, 4) is 0 Å². The van der Waals surface area contributed by atoms with Crippen LogP contribution in [0, 0.1) is 18.6 Å². The molecule has 0 unspecified atom stereocenters. The van der Waals surface area contributed by atoms with Crippen LogP contribution in [-0.2, 0) is 17.8 Å². The summed E-state index contributed by atoms with van der Waals surface area (Å²) in [4.78, 5) is 26.8. The van der Waals surface area contributed by atoms with E-state index in [1.54, 1.807) is 14.0 Å². The Hall–Kier alpha value is -3.52. The summed E-state index contributed by atoms with van der Waals surface area (Å²) in [6, 6.07) is 12.5. The Morgan fingerprint density at radius 2 is 1.70 bits per heavy atom. The topological polar surface area (TPSA) is 65.3 Å². The first kappa shape index (κ1) is 24.1. The van der Waals surface area contributed by atoms with Crippen LogP contribution in [0.4, 0.5) is 8.78 Å². The summed E-state index contributed by atoms with van der Waals surface area (Å²) in [7, 11) is 1.73. The molecule has 0 aliphatic rings. The van der Waals surface area contributed by atoms with Crippen LogP contribution in [0.2, 0.25) is 0 Å². The fourth-order valence-electron chi connectivity index (χ4n) is 3.79. The van der Waals surface area contributed by atoms with Crippen LogP contribution in [-0.4, -0.2) is 22.8 Å². The van der Waals surface area contributed by atoms with E-state index in [2.05, 4.69) is 11.9 Å². The Balaban J connectivity index is 2.21. The summed E-state index contributed by atoms with van der Waals surface area (Å²) in [5, 5.41) is 3.12. The minimum absolute atomic E-state index is 0.00458. The van der Waals surface area contributed by atoms with Crippen molar-refractivity contribution in [1.29, 1.82) is 0 Å². The Morgan fingerprint density at radius 3 is 2.27 bits per heavy atom. The van der Waals surface area contributed by atoms with Crippen molar-refractivity contribution in [2.75, 3.05) is 13.7 Å². The van der Waals surface area contributed by atoms with E-state index in [1.807, 2.05) is 30.3 Å². The average molecular weight is 456 g/mol. The van der Waals surface area contributed by atoms with E-state index >= 15 is 0 Å². The van der Waals surface area contributed by atoms with E-state index in [1.165, 1.54) is 17.6 Å². The number of nitrogens with one attached hydrogen (secondary N) is 1. The standard InChI is InChI=1S/C25H27F2N3O3/c1-5-33-17(3)23-16(2)29(14-19-20(26)12-9-13-21(19)27)25(32)30(24(23)31)15-22(28-4)18-10-7-6-8-11-18/h6-13,22,28H,3,5,14-15H2,1-2,4H3/t22-/m0/s1. The largest absolute Gasteiger partial charge is 0.494 e. The number of aromatic nitrogens is 2. The molecule has 2 aromatic carbocycles. The molecule has 6 nitrogen and oxygen atoms in total. The molecule has 174 valence electrons. The van der Waals surface area contributed by atoms with Crippen LogP contribution in [0.15, 0.2) is 64.7 Å². The summed E-state index contributed by atoms with van der Waals surface area (Å²) in [5.41, 5.74) is -0.321. The lowest BCUT2D eigenvalue weighted by Gasteiger charge is -2.22. The third kappa shape index (κ3) is 4.96. The third-order valence-corrected chi connectivity index (χ3v) is 5.58. The van der Waals surface area contributed by atoms with Gasteiger partial charge in [-0.25, -0.2) is 13.6 Å². The first-order valence-electron chi connectivity index (χ1n) is 10.6. The summed E-state index contributed by atoms with van der Waals surface area (Å²) in [5.74, 6) is -1.46. The fourth-order valence-corrected chi connectivity index (χ4v) is 3.79. The first-order chi connectivity index (χ1) is 15.8. The lowest BCUT2D eigenvalue weighted by molar-refractivity contribution is 0.297. The molecule has 0 aliphatic carbocycles. The normalized spacial score (nSPS) is 11.9. The lowest BCUT2D eigenvalue weighted by Crippen LogP contribution is -2.45. The molecule has 33 heavy (non-hydrogen) atoms. The third-order valence-electron chi connectivity index (χ3n) is 5.58. The van der Waals surface area contributed by atoms with E-state index in [9.17, 15) is 18.4 Å². The summed E-state index contributed by atoms with van der Waals surface area (Å²) in [6.45, 7) is 7.01. The van der Waals surface area contributed by atoms with Crippen molar-refractivity contribution in [1.82, 2.24) is 14.5 Å². The van der Waals surface area contributed by atoms with Crippen LogP contribution < -0.4 is 16.6 Å². The van der Waals surface area contributed by atoms with Crippen molar-refractivity contribution < 1.29 is 13.5 Å². The van der Waals surface area contributed by atoms with Gasteiger partial charge < -0.3 is 10.1 Å². The summed E-state index contributed by atoms with van der Waals surface area (Å²) >= 11 is 0. The van der Waals surface area contributed by atoms with Gasteiger partial charge in [-0.2, -0.15) is 0 Å². The number of nitrogens with zero attached hydrogens (tertiary/aromatic N) is 2. The highest BCUT2D eigenvalue weighted by atomic mass is 19.1. The second kappa shape index (κ2) is 10.4. The maximum Gasteiger partial charge on any atom is 0.331 e. The van der Waals surface area contributed by atoms with Gasteiger partial charge in [-0.05, 0) is 38.6 Å². The van der Waals surface area contributed by atoms with Gasteiger partial charge in [0.05, 0.1) is 25.7 Å². The highest BCUT2D eigenvalue weighted by Gasteiger charge is 2.23. The molecule has 0 fully saturated rings. The van der Waals surface area contributed by atoms with E-state index in [0.29, 0.717) is 0 Å². The number of rotatable bonds is 9. The van der Waals surface area contributed by atoms with Gasteiger partial charge in [0.15, 0.2) is 0 Å². The van der Waals surface area contributed by atoms with Crippen molar-refractivity contribution >= 4 is 5.76 Å². The zero-order chi connectivity index (χ0) is 24.1. The second-order valence-corrected chi connectivity index (χ2v) is 7.55. The van der Waals surface area contributed by atoms with Crippen LogP contribution in [0.1, 0.15) is 35.3 Å². The monoisotopic (exact) mass is 455 g/mol. The molecular formula is C25H27F2N3O3. The zero-order valence-corrected chi connectivity index (χ0v) is 18.9. The van der Waals surface area contributed by atoms with Gasteiger partial charge in [0.25, 0.3) is 5.56 Å². The molecule has 0 saturated carbocycles. The number of hydrogen-bond donors (Lipinski definition) is 1. The van der Waals surface area contributed by atoms with E-state index in [-0.39, 0.29) is 48.3 Å². The summed E-state index contributed by atoms with van der Waals surface area (Å²) < 4.78 is 36.4. The number of halogens is 2. The zero-order valence-electron chi connectivity index (χ0n) is 18.9. The quantitative estimate of drug-likeness (QED) is 0.501. The van der Waals surface area contributed by atoms with Crippen LogP contribution >= 0.6 is 0 Å². The molecule has 8 heteroatoms. The second-order valence-electron chi connectivity index (χ2n) is 7.55. The molecule has 0 radical (unpaired) electrons. The van der Waals surface area contributed by atoms with Crippen molar-refractivity contribution in [2.24, 2.45) is 0 Å². The number of benzene rings is 2. The smallest absolute Gasteiger partial charge is 0.331 e. The average Bonchev–Trinajstić information content (AvgIpc) is 2.79. The molecule has 0 amide bonds. The maximum absolute atomic E-state index is 14.4. The predicted octanol–water partition coefficient (Wildman–Crippen LogP) is 3.61. The fraction of sp³-hybridized carbons (Fsp3) is 0.280. The molecular weight excluding hydrogens is 428 g/mol. The molecule has 1 heterocycles. The molecule has 0 aliphatic heterocycles. The van der Waals surface area contributed by atoms with E-state index < -0.39 is 22.9 Å². The number of ether oxygens (including phenoxy) is 1. The SMILES string of the molecule is C=C(OCC)c1c(C)n(Cc2c(F)cccc2F)c(=O)n(C[C@H](NC)c2ccccc2)c1=O. The Labute approximate surface area is 190 Å². The maximum atomic E-state index is 14.4. The molecule has 1 aromatic heterocycles. The minimum Gasteiger partial charge on any atom is -0.494 e. The summed E-state index contributed by atoms with van der Waals surface area (Å²) in [6.07, 6.45) is 0. The van der Waals surface area contributed by atoms with Gasteiger partial charge in [0, 0.05) is 11.3 Å². The van der Waals surface area contributed by atoms with E-state index in [4.69, 9.17) is 4.74 Å². The highest BCUT2D eigenvalue weighted by molar-refractivity contribution is 5.58. The number of likely N-dealkylation sites (N-methyl/N-ethyl adjacent to an activating group) is 1. The van der Waals surface area contributed by atoms with Gasteiger partial charge in [0.2, 0.25) is 0 Å². The molecule has 1 atom stereocenters. The van der Waals surface area contributed by atoms with Crippen LogP contribution in [0.25, 0.3) is 5.76 Å². The van der Waals surface area contributed by atoms with Crippen LogP contribution in [0.3, 0.4) is 0 Å². The van der Waals surface area contributed by atoms with Gasteiger partial charge >= 0.3 is 5.69 Å². The van der Waals surface area contributed by atoms with E-state index in [0.717, 1.165) is 22.3 Å². The number of hydrogen-bond acceptors (Lipinski definition) is 4. The van der Waals surface area contributed by atoms with Gasteiger partial charge in [-0.15, -0.1) is 0 Å². The molecule has 3 rings (SSSR count). The first-order valence-corrected chi connectivity index (χ1v) is 10.6. The molecule has 0 saturated heterocycles. The van der Waals surface area contributed by atoms with Gasteiger partial charge in [-0.1, -0.05) is 43.0 Å². The lowest BCUT2D eigenvalue weighted by atomic mass is 10.1. The predicted molar refractivity (Wildman–Crippen MR) is 124 cm³/mol. The molecule has 0 bridgehead atoms. The Morgan fingerprint density at radius 1 is 1.06 bits per heavy atom. The highest BCUT2D eigenvalue weighted by Crippen LogP contribution is 2.19. The molecule has 0 spiro atoms. The molecule has 3 aromatic rings. The van der Waals surface area contributed by atoms with Crippen molar-refractivity contribution in [2.45, 2.75) is 33.0 Å². The van der Waals surface area contributed by atoms with Gasteiger partial charge in [0.1, 0.15) is 23.0 Å². The Kier molecular flexibility index (Phi) is 7.60. The Bertz CT molecular complexity index is 1250. The van der Waals surface area contributed by atoms with Crippen molar-refractivity contribution in [3.63, 3.8) is 0 Å². The minimum atomic E-state index is -0.776. The van der Waals surface area contributed by atoms with Crippen LogP contribution in [0.5, 0.6) is 0 Å². The molecule has 1 N–H and O–H groups in total. The van der Waals surface area contributed by atoms with Crippen molar-refractivity contribution in [3.05, 3.63) is 110 Å². The van der Waals surface area contributed by atoms with Gasteiger partial charge in [-0.3, -0.25) is 13.9 Å².